The van der Waals surface area contributed by atoms with Crippen molar-refractivity contribution in [3.05, 3.63) is 40.7 Å². The van der Waals surface area contributed by atoms with Gasteiger partial charge in [0.15, 0.2) is 0 Å². The first-order valence-electron chi connectivity index (χ1n) is 5.28. The smallest absolute Gasteiger partial charge is 0.241 e. The fourth-order valence-electron chi connectivity index (χ4n) is 1.38. The predicted octanol–water partition coefficient (Wildman–Crippen LogP) is 1.66. The Labute approximate surface area is 110 Å². The molecule has 0 unspecified atom stereocenters. The van der Waals surface area contributed by atoms with Gasteiger partial charge >= 0.3 is 0 Å². The molecule has 0 fully saturated rings. The first-order valence-corrected chi connectivity index (χ1v) is 7.64. The van der Waals surface area contributed by atoms with E-state index >= 15 is 0 Å². The van der Waals surface area contributed by atoms with Gasteiger partial charge in [0, 0.05) is 30.7 Å². The Balaban J connectivity index is 2.14. The minimum absolute atomic E-state index is 0.207. The van der Waals surface area contributed by atoms with Crippen LogP contribution in [0, 0.1) is 0 Å². The molecule has 96 valence electrons. The highest BCUT2D eigenvalue weighted by Gasteiger charge is 2.14. The average molecular weight is 283 g/mol. The standard InChI is InChI=1S/C11H13N3O2S2/c1-12-11-7-10(4-5-13-11)18(15,16)14-8-9-3-2-6-17-9/h2-7,14H,8H2,1H3,(H,12,13). The molecule has 18 heavy (non-hydrogen) atoms. The van der Waals surface area contributed by atoms with Crippen molar-refractivity contribution in [2.24, 2.45) is 0 Å². The van der Waals surface area contributed by atoms with E-state index in [-0.39, 0.29) is 4.90 Å². The molecule has 0 atom stereocenters. The minimum Gasteiger partial charge on any atom is -0.373 e. The molecule has 5 nitrogen and oxygen atoms in total. The molecule has 2 N–H and O–H groups in total. The van der Waals surface area contributed by atoms with Gasteiger partial charge in [-0.25, -0.2) is 18.1 Å². The van der Waals surface area contributed by atoms with E-state index in [0.717, 1.165) is 4.88 Å². The molecule has 0 saturated heterocycles. The molecule has 0 bridgehead atoms. The SMILES string of the molecule is CNc1cc(S(=O)(=O)NCc2cccs2)ccn1. The van der Waals surface area contributed by atoms with E-state index in [4.69, 9.17) is 0 Å². The molecule has 0 aromatic carbocycles. The maximum Gasteiger partial charge on any atom is 0.241 e. The van der Waals surface area contributed by atoms with Crippen molar-refractivity contribution in [2.45, 2.75) is 11.4 Å². The van der Waals surface area contributed by atoms with E-state index in [1.165, 1.54) is 29.7 Å². The van der Waals surface area contributed by atoms with E-state index < -0.39 is 10.0 Å². The monoisotopic (exact) mass is 283 g/mol. The predicted molar refractivity (Wildman–Crippen MR) is 72.1 cm³/mol. The number of sulfonamides is 1. The van der Waals surface area contributed by atoms with E-state index in [1.807, 2.05) is 17.5 Å². The zero-order valence-electron chi connectivity index (χ0n) is 9.75. The zero-order valence-corrected chi connectivity index (χ0v) is 11.4. The molecular formula is C11H13N3O2S2. The summed E-state index contributed by atoms with van der Waals surface area (Å²) in [5, 5.41) is 4.72. The van der Waals surface area contributed by atoms with Gasteiger partial charge in [0.1, 0.15) is 5.82 Å². The summed E-state index contributed by atoms with van der Waals surface area (Å²) < 4.78 is 26.6. The molecule has 2 aromatic heterocycles. The summed E-state index contributed by atoms with van der Waals surface area (Å²) in [6, 6.07) is 6.74. The van der Waals surface area contributed by atoms with Gasteiger partial charge < -0.3 is 5.32 Å². The first kappa shape index (κ1) is 13.0. The number of rotatable bonds is 5. The fraction of sp³-hybridized carbons (Fsp3) is 0.182. The van der Waals surface area contributed by atoms with Gasteiger partial charge in [-0.15, -0.1) is 11.3 Å². The number of nitrogens with one attached hydrogen (secondary N) is 2. The van der Waals surface area contributed by atoms with Crippen molar-refractivity contribution in [3.8, 4) is 0 Å². The van der Waals surface area contributed by atoms with Crippen LogP contribution in [-0.2, 0) is 16.6 Å². The molecule has 0 spiro atoms. The third-order valence-corrected chi connectivity index (χ3v) is 4.59. The molecule has 0 amide bonds. The number of hydrogen-bond donors (Lipinski definition) is 2. The average Bonchev–Trinajstić information content (AvgIpc) is 2.90. The van der Waals surface area contributed by atoms with Gasteiger partial charge in [-0.3, -0.25) is 0 Å². The highest BCUT2D eigenvalue weighted by molar-refractivity contribution is 7.89. The molecular weight excluding hydrogens is 270 g/mol. The Morgan fingerprint density at radius 1 is 1.39 bits per heavy atom. The summed E-state index contributed by atoms with van der Waals surface area (Å²) in [7, 11) is -1.80. The van der Waals surface area contributed by atoms with Crippen molar-refractivity contribution < 1.29 is 8.42 Å². The van der Waals surface area contributed by atoms with Crippen molar-refractivity contribution >= 4 is 27.2 Å². The quantitative estimate of drug-likeness (QED) is 0.875. The van der Waals surface area contributed by atoms with E-state index in [9.17, 15) is 8.42 Å². The maximum absolute atomic E-state index is 12.0. The minimum atomic E-state index is -3.49. The summed E-state index contributed by atoms with van der Waals surface area (Å²) >= 11 is 1.51. The fourth-order valence-corrected chi connectivity index (χ4v) is 3.13. The van der Waals surface area contributed by atoms with Gasteiger partial charge in [0.05, 0.1) is 4.90 Å². The van der Waals surface area contributed by atoms with Crippen LogP contribution in [0.5, 0.6) is 0 Å². The Morgan fingerprint density at radius 3 is 2.89 bits per heavy atom. The third kappa shape index (κ3) is 3.06. The molecule has 0 radical (unpaired) electrons. The first-order chi connectivity index (χ1) is 8.62. The van der Waals surface area contributed by atoms with Crippen LogP contribution in [0.1, 0.15) is 4.88 Å². The van der Waals surface area contributed by atoms with Crippen LogP contribution in [0.15, 0.2) is 40.7 Å². The number of aromatic nitrogens is 1. The molecule has 0 aliphatic carbocycles. The third-order valence-electron chi connectivity index (χ3n) is 2.31. The number of thiophene rings is 1. The number of nitrogens with zero attached hydrogens (tertiary/aromatic N) is 1. The summed E-state index contributed by atoms with van der Waals surface area (Å²) in [5.74, 6) is 0.522. The summed E-state index contributed by atoms with van der Waals surface area (Å²) in [5.41, 5.74) is 0. The van der Waals surface area contributed by atoms with Crippen LogP contribution in [0.4, 0.5) is 5.82 Å². The van der Waals surface area contributed by atoms with Crippen LogP contribution in [-0.4, -0.2) is 20.4 Å². The molecule has 0 aliphatic heterocycles. The van der Waals surface area contributed by atoms with Crippen LogP contribution in [0.25, 0.3) is 0 Å². The van der Waals surface area contributed by atoms with Crippen LogP contribution < -0.4 is 10.0 Å². The largest absolute Gasteiger partial charge is 0.373 e. The van der Waals surface area contributed by atoms with E-state index in [0.29, 0.717) is 12.4 Å². The number of hydrogen-bond acceptors (Lipinski definition) is 5. The molecule has 0 saturated carbocycles. The summed E-state index contributed by atoms with van der Waals surface area (Å²) in [6.45, 7) is 0.303. The van der Waals surface area contributed by atoms with Crippen LogP contribution in [0.3, 0.4) is 0 Å². The highest BCUT2D eigenvalue weighted by atomic mass is 32.2. The lowest BCUT2D eigenvalue weighted by Gasteiger charge is -2.06. The molecule has 7 heteroatoms. The lowest BCUT2D eigenvalue weighted by atomic mass is 10.5. The van der Waals surface area contributed by atoms with E-state index in [2.05, 4.69) is 15.0 Å². The van der Waals surface area contributed by atoms with Gasteiger partial charge in [0.25, 0.3) is 0 Å². The molecule has 2 heterocycles. The van der Waals surface area contributed by atoms with Crippen molar-refractivity contribution in [1.29, 1.82) is 0 Å². The van der Waals surface area contributed by atoms with Gasteiger partial charge in [-0.2, -0.15) is 0 Å². The lowest BCUT2D eigenvalue weighted by molar-refractivity contribution is 0.581. The van der Waals surface area contributed by atoms with Crippen molar-refractivity contribution in [1.82, 2.24) is 9.71 Å². The van der Waals surface area contributed by atoms with Crippen molar-refractivity contribution in [3.63, 3.8) is 0 Å². The summed E-state index contributed by atoms with van der Waals surface area (Å²) in [6.07, 6.45) is 1.46. The Bertz CT molecular complexity index is 609. The normalized spacial score (nSPS) is 11.4. The van der Waals surface area contributed by atoms with Crippen LogP contribution in [0.2, 0.25) is 0 Å². The Morgan fingerprint density at radius 2 is 2.22 bits per heavy atom. The second-order valence-corrected chi connectivity index (χ2v) is 6.33. The number of anilines is 1. The second-order valence-electron chi connectivity index (χ2n) is 3.53. The highest BCUT2D eigenvalue weighted by Crippen LogP contribution is 2.14. The summed E-state index contributed by atoms with van der Waals surface area (Å²) in [4.78, 5) is 5.16. The van der Waals surface area contributed by atoms with Gasteiger partial charge in [-0.1, -0.05) is 6.07 Å². The topological polar surface area (TPSA) is 71.1 Å². The number of pyridine rings is 1. The molecule has 0 aliphatic rings. The van der Waals surface area contributed by atoms with Crippen LogP contribution >= 0.6 is 11.3 Å². The van der Waals surface area contributed by atoms with E-state index in [1.54, 1.807) is 7.05 Å². The molecule has 2 aromatic rings. The second kappa shape index (κ2) is 5.47. The van der Waals surface area contributed by atoms with Crippen molar-refractivity contribution in [2.75, 3.05) is 12.4 Å². The Kier molecular flexibility index (Phi) is 3.95. The Hall–Kier alpha value is -1.44. The lowest BCUT2D eigenvalue weighted by Crippen LogP contribution is -2.22. The zero-order chi connectivity index (χ0) is 13.0. The molecule has 2 rings (SSSR count). The maximum atomic E-state index is 12.0. The van der Waals surface area contributed by atoms with Gasteiger partial charge in [0.2, 0.25) is 10.0 Å². The van der Waals surface area contributed by atoms with Gasteiger partial charge in [-0.05, 0) is 17.5 Å².